The zero-order valence-corrected chi connectivity index (χ0v) is 15.4. The lowest BCUT2D eigenvalue weighted by atomic mass is 9.98. The molecule has 0 spiro atoms. The highest BCUT2D eigenvalue weighted by molar-refractivity contribution is 7.17. The van der Waals surface area contributed by atoms with Crippen LogP contribution < -0.4 is 4.90 Å². The van der Waals surface area contributed by atoms with E-state index in [0.717, 1.165) is 52.9 Å². The average molecular weight is 352 g/mol. The van der Waals surface area contributed by atoms with E-state index < -0.39 is 0 Å². The second kappa shape index (κ2) is 6.15. The Labute approximate surface area is 151 Å². The van der Waals surface area contributed by atoms with Gasteiger partial charge in [-0.1, -0.05) is 18.2 Å². The van der Waals surface area contributed by atoms with Crippen LogP contribution in [0.25, 0.3) is 10.8 Å². The predicted octanol–water partition coefficient (Wildman–Crippen LogP) is 4.92. The number of furan rings is 1. The quantitative estimate of drug-likeness (QED) is 0.657. The number of anilines is 1. The molecule has 25 heavy (non-hydrogen) atoms. The summed E-state index contributed by atoms with van der Waals surface area (Å²) in [5, 5.41) is 0.760. The lowest BCUT2D eigenvalue weighted by molar-refractivity contribution is 0.0988. The van der Waals surface area contributed by atoms with Crippen LogP contribution in [0.4, 0.5) is 5.69 Å². The van der Waals surface area contributed by atoms with Gasteiger partial charge in [0.05, 0.1) is 11.4 Å². The molecule has 1 aliphatic rings. The molecule has 0 bridgehead atoms. The Hall–Kier alpha value is -2.40. The van der Waals surface area contributed by atoms with Crippen molar-refractivity contribution in [2.75, 3.05) is 11.4 Å². The molecule has 3 aromatic rings. The van der Waals surface area contributed by atoms with Crippen LogP contribution in [0.5, 0.6) is 0 Å². The normalized spacial score (nSPS) is 13.8. The van der Waals surface area contributed by atoms with Crippen molar-refractivity contribution in [1.82, 2.24) is 4.98 Å². The van der Waals surface area contributed by atoms with E-state index in [0.29, 0.717) is 4.88 Å². The van der Waals surface area contributed by atoms with Crippen LogP contribution in [0.15, 0.2) is 34.7 Å². The largest absolute Gasteiger partial charge is 0.459 e. The maximum atomic E-state index is 13.3. The minimum Gasteiger partial charge on any atom is -0.459 e. The average Bonchev–Trinajstić information content (AvgIpc) is 3.20. The summed E-state index contributed by atoms with van der Waals surface area (Å²) in [6.45, 7) is 6.62. The van der Waals surface area contributed by atoms with Crippen LogP contribution in [0.3, 0.4) is 0 Å². The third kappa shape index (κ3) is 2.78. The zero-order chi connectivity index (χ0) is 17.6. The summed E-state index contributed by atoms with van der Waals surface area (Å²) in [6.07, 6.45) is 2.02. The molecule has 0 fully saturated rings. The fourth-order valence-corrected chi connectivity index (χ4v) is 4.40. The third-order valence-corrected chi connectivity index (χ3v) is 5.77. The van der Waals surface area contributed by atoms with Crippen molar-refractivity contribution in [3.8, 4) is 10.8 Å². The summed E-state index contributed by atoms with van der Waals surface area (Å²) >= 11 is 1.41. The van der Waals surface area contributed by atoms with Crippen molar-refractivity contribution < 1.29 is 9.21 Å². The van der Waals surface area contributed by atoms with Gasteiger partial charge in [-0.15, -0.1) is 11.3 Å². The number of hydrogen-bond acceptors (Lipinski definition) is 4. The number of amides is 1. The van der Waals surface area contributed by atoms with Gasteiger partial charge in [-0.3, -0.25) is 4.79 Å². The van der Waals surface area contributed by atoms with Crippen molar-refractivity contribution in [2.45, 2.75) is 33.6 Å². The van der Waals surface area contributed by atoms with Gasteiger partial charge in [0.2, 0.25) is 0 Å². The fraction of sp³-hybridized carbons (Fsp3) is 0.300. The second-order valence-electron chi connectivity index (χ2n) is 6.49. The van der Waals surface area contributed by atoms with Crippen molar-refractivity contribution in [3.05, 3.63) is 57.8 Å². The van der Waals surface area contributed by atoms with E-state index in [1.165, 1.54) is 16.9 Å². The number of nitrogens with zero attached hydrogens (tertiary/aromatic N) is 2. The number of carbonyl (C=O) groups excluding carboxylic acids is 1. The number of aryl methyl sites for hydroxylation is 4. The Morgan fingerprint density at radius 2 is 2.04 bits per heavy atom. The lowest BCUT2D eigenvalue weighted by Gasteiger charge is -2.30. The van der Waals surface area contributed by atoms with Crippen molar-refractivity contribution in [3.63, 3.8) is 0 Å². The van der Waals surface area contributed by atoms with E-state index in [-0.39, 0.29) is 5.91 Å². The van der Waals surface area contributed by atoms with Crippen LogP contribution in [0.1, 0.15) is 38.7 Å². The molecule has 0 unspecified atom stereocenters. The summed E-state index contributed by atoms with van der Waals surface area (Å²) < 4.78 is 5.66. The number of benzene rings is 1. The lowest BCUT2D eigenvalue weighted by Crippen LogP contribution is -2.36. The van der Waals surface area contributed by atoms with Crippen LogP contribution in [-0.2, 0) is 6.42 Å². The van der Waals surface area contributed by atoms with E-state index in [2.05, 4.69) is 30.1 Å². The van der Waals surface area contributed by atoms with Gasteiger partial charge in [-0.05, 0) is 56.9 Å². The number of fused-ring (bicyclic) bond motifs is 1. The Morgan fingerprint density at radius 1 is 1.20 bits per heavy atom. The second-order valence-corrected chi connectivity index (χ2v) is 7.49. The molecule has 1 aliphatic heterocycles. The summed E-state index contributed by atoms with van der Waals surface area (Å²) in [4.78, 5) is 20.4. The van der Waals surface area contributed by atoms with E-state index in [9.17, 15) is 4.79 Å². The van der Waals surface area contributed by atoms with Crippen molar-refractivity contribution in [1.29, 1.82) is 0 Å². The molecule has 5 heteroatoms. The molecule has 128 valence electrons. The molecule has 0 atom stereocenters. The van der Waals surface area contributed by atoms with E-state index in [4.69, 9.17) is 4.42 Å². The van der Waals surface area contributed by atoms with Crippen LogP contribution in [-0.4, -0.2) is 17.4 Å². The number of hydrogen-bond donors (Lipinski definition) is 0. The first-order valence-electron chi connectivity index (χ1n) is 8.49. The van der Waals surface area contributed by atoms with Crippen LogP contribution in [0.2, 0.25) is 0 Å². The van der Waals surface area contributed by atoms with Crippen LogP contribution in [0, 0.1) is 20.8 Å². The molecule has 1 amide bonds. The highest BCUT2D eigenvalue weighted by atomic mass is 32.1. The number of aromatic nitrogens is 1. The topological polar surface area (TPSA) is 46.3 Å². The van der Waals surface area contributed by atoms with E-state index in [1.807, 2.05) is 30.9 Å². The highest BCUT2D eigenvalue weighted by Crippen LogP contribution is 2.35. The molecule has 0 saturated heterocycles. The Kier molecular flexibility index (Phi) is 3.96. The van der Waals surface area contributed by atoms with Gasteiger partial charge in [0.15, 0.2) is 10.8 Å². The van der Waals surface area contributed by atoms with Crippen molar-refractivity contribution >= 4 is 22.9 Å². The molecule has 0 N–H and O–H groups in total. The molecule has 1 aromatic carbocycles. The highest BCUT2D eigenvalue weighted by Gasteiger charge is 2.28. The maximum absolute atomic E-state index is 13.3. The SMILES string of the molecule is Cc1ccc(-c2nc(C)c(C(=O)N3CCCc4cccc(C)c43)s2)o1. The summed E-state index contributed by atoms with van der Waals surface area (Å²) in [7, 11) is 0. The minimum absolute atomic E-state index is 0.0415. The van der Waals surface area contributed by atoms with E-state index >= 15 is 0 Å². The molecular weight excluding hydrogens is 332 g/mol. The monoisotopic (exact) mass is 352 g/mol. The first kappa shape index (κ1) is 16.1. The number of thiazole rings is 1. The third-order valence-electron chi connectivity index (χ3n) is 4.61. The van der Waals surface area contributed by atoms with Gasteiger partial charge in [-0.2, -0.15) is 0 Å². The zero-order valence-electron chi connectivity index (χ0n) is 14.6. The van der Waals surface area contributed by atoms with Gasteiger partial charge in [0.25, 0.3) is 5.91 Å². The molecule has 0 aliphatic carbocycles. The van der Waals surface area contributed by atoms with Gasteiger partial charge >= 0.3 is 0 Å². The number of carbonyl (C=O) groups is 1. The van der Waals surface area contributed by atoms with Gasteiger partial charge in [0.1, 0.15) is 10.6 Å². The predicted molar refractivity (Wildman–Crippen MR) is 100 cm³/mol. The maximum Gasteiger partial charge on any atom is 0.270 e. The molecule has 2 aromatic heterocycles. The fourth-order valence-electron chi connectivity index (χ4n) is 3.42. The standard InChI is InChI=1S/C20H20N2O2S/c1-12-6-4-7-15-8-5-11-22(17(12)15)20(23)18-14(3)21-19(25-18)16-10-9-13(2)24-16/h4,6-7,9-10H,5,8,11H2,1-3H3. The first-order chi connectivity index (χ1) is 12.0. The summed E-state index contributed by atoms with van der Waals surface area (Å²) in [5.74, 6) is 1.61. The van der Waals surface area contributed by atoms with Gasteiger partial charge in [-0.25, -0.2) is 4.98 Å². The molecular formula is C20H20N2O2S. The molecule has 4 rings (SSSR count). The first-order valence-corrected chi connectivity index (χ1v) is 9.31. The molecule has 4 nitrogen and oxygen atoms in total. The smallest absolute Gasteiger partial charge is 0.270 e. The minimum atomic E-state index is 0.0415. The molecule has 0 radical (unpaired) electrons. The van der Waals surface area contributed by atoms with E-state index in [1.54, 1.807) is 0 Å². The molecule has 0 saturated carbocycles. The van der Waals surface area contributed by atoms with Crippen molar-refractivity contribution in [2.24, 2.45) is 0 Å². The van der Waals surface area contributed by atoms with Gasteiger partial charge < -0.3 is 9.32 Å². The Balaban J connectivity index is 1.73. The van der Waals surface area contributed by atoms with Gasteiger partial charge in [0, 0.05) is 6.54 Å². The number of rotatable bonds is 2. The summed E-state index contributed by atoms with van der Waals surface area (Å²) in [6, 6.07) is 10.1. The Bertz CT molecular complexity index is 955. The Morgan fingerprint density at radius 3 is 2.80 bits per heavy atom. The summed E-state index contributed by atoms with van der Waals surface area (Å²) in [5.41, 5.74) is 4.24. The van der Waals surface area contributed by atoms with Crippen LogP contribution >= 0.6 is 11.3 Å². The number of para-hydroxylation sites is 1. The molecule has 3 heterocycles.